The van der Waals surface area contributed by atoms with Crippen LogP contribution in [0.4, 0.5) is 20.6 Å². The number of allylic oxidation sites excluding steroid dienone is 1. The summed E-state index contributed by atoms with van der Waals surface area (Å²) in [5, 5.41) is 12.9. The van der Waals surface area contributed by atoms with Crippen LogP contribution < -0.4 is 15.6 Å². The molecule has 2 N–H and O–H groups in total. The number of nitrogens with zero attached hydrogens (tertiary/aromatic N) is 3. The van der Waals surface area contributed by atoms with Crippen LogP contribution in [0.15, 0.2) is 77.7 Å². The number of piperazine rings is 1. The molecule has 1 aliphatic carbocycles. The first kappa shape index (κ1) is 29.1. The third kappa shape index (κ3) is 5.93. The van der Waals surface area contributed by atoms with Crippen LogP contribution in [0, 0.1) is 5.82 Å². The lowest BCUT2D eigenvalue weighted by atomic mass is 10.1. The molecule has 0 bridgehead atoms. The van der Waals surface area contributed by atoms with E-state index in [0.29, 0.717) is 53.7 Å². The second kappa shape index (κ2) is 12.0. The van der Waals surface area contributed by atoms with Gasteiger partial charge < -0.3 is 24.8 Å². The average Bonchev–Trinajstić information content (AvgIpc) is 3.87. The Balaban J connectivity index is 1.10. The van der Waals surface area contributed by atoms with Gasteiger partial charge in [0.1, 0.15) is 11.4 Å². The van der Waals surface area contributed by atoms with E-state index >= 15 is 4.39 Å². The molecule has 224 valence electrons. The van der Waals surface area contributed by atoms with Crippen LogP contribution in [-0.4, -0.2) is 58.5 Å². The average molecular weight is 615 g/mol. The van der Waals surface area contributed by atoms with Crippen molar-refractivity contribution in [3.63, 3.8) is 0 Å². The van der Waals surface area contributed by atoms with Crippen molar-refractivity contribution in [2.45, 2.75) is 18.9 Å². The van der Waals surface area contributed by atoms with Crippen molar-refractivity contribution in [3.8, 4) is 0 Å². The summed E-state index contributed by atoms with van der Waals surface area (Å²) in [4.78, 5) is 53.4. The van der Waals surface area contributed by atoms with Crippen LogP contribution in [0.1, 0.15) is 45.2 Å². The summed E-state index contributed by atoms with van der Waals surface area (Å²) in [5.74, 6) is -2.15. The number of rotatable bonds is 7. The Morgan fingerprint density at radius 2 is 1.68 bits per heavy atom. The van der Waals surface area contributed by atoms with Crippen molar-refractivity contribution in [2.75, 3.05) is 36.4 Å². The highest BCUT2D eigenvalue weighted by Crippen LogP contribution is 2.38. The maximum Gasteiger partial charge on any atom is 0.341 e. The highest BCUT2D eigenvalue weighted by Gasteiger charge is 2.29. The maximum atomic E-state index is 15.3. The third-order valence-corrected chi connectivity index (χ3v) is 8.26. The number of anilines is 2. The summed E-state index contributed by atoms with van der Waals surface area (Å²) in [6, 6.07) is 16.3. The lowest BCUT2D eigenvalue weighted by Crippen LogP contribution is -2.50. The van der Waals surface area contributed by atoms with Crippen molar-refractivity contribution in [1.82, 2.24) is 9.47 Å². The van der Waals surface area contributed by atoms with Gasteiger partial charge >= 0.3 is 12.0 Å². The summed E-state index contributed by atoms with van der Waals surface area (Å²) in [6.07, 6.45) is 6.18. The number of benzene rings is 3. The van der Waals surface area contributed by atoms with E-state index in [4.69, 9.17) is 11.6 Å². The topological polar surface area (TPSA) is 112 Å². The summed E-state index contributed by atoms with van der Waals surface area (Å²) in [6.45, 7) is 1.39. The molecule has 0 atom stereocenters. The molecule has 0 spiro atoms. The van der Waals surface area contributed by atoms with E-state index in [1.54, 1.807) is 51.9 Å². The van der Waals surface area contributed by atoms with Crippen molar-refractivity contribution in [1.29, 1.82) is 0 Å². The van der Waals surface area contributed by atoms with Gasteiger partial charge in [-0.15, -0.1) is 0 Å². The monoisotopic (exact) mass is 614 g/mol. The normalized spacial score (nSPS) is 15.1. The van der Waals surface area contributed by atoms with Crippen LogP contribution >= 0.6 is 11.6 Å². The number of hydrogen-bond donors (Lipinski definition) is 2. The Labute approximate surface area is 256 Å². The molecule has 1 aliphatic heterocycles. The first-order chi connectivity index (χ1) is 21.2. The van der Waals surface area contributed by atoms with Gasteiger partial charge in [-0.05, 0) is 73.0 Å². The third-order valence-electron chi connectivity index (χ3n) is 7.92. The molecule has 0 radical (unpaired) electrons. The first-order valence-electron chi connectivity index (χ1n) is 14.2. The predicted octanol–water partition coefficient (Wildman–Crippen LogP) is 6.08. The van der Waals surface area contributed by atoms with Crippen LogP contribution in [0.25, 0.3) is 17.0 Å². The van der Waals surface area contributed by atoms with Gasteiger partial charge in [-0.25, -0.2) is 14.0 Å². The van der Waals surface area contributed by atoms with Gasteiger partial charge in [0.2, 0.25) is 5.43 Å². The van der Waals surface area contributed by atoms with Crippen molar-refractivity contribution >= 4 is 57.7 Å². The number of pyridine rings is 1. The number of carbonyl (C=O) groups excluding carboxylic acids is 2. The molecule has 2 aliphatic rings. The first-order valence-corrected chi connectivity index (χ1v) is 14.6. The van der Waals surface area contributed by atoms with Crippen molar-refractivity contribution < 1.29 is 23.9 Å². The Kier molecular flexibility index (Phi) is 7.92. The van der Waals surface area contributed by atoms with E-state index < -0.39 is 17.2 Å². The molecule has 6 rings (SSSR count). The molecule has 1 aromatic heterocycles. The van der Waals surface area contributed by atoms with Gasteiger partial charge in [0.15, 0.2) is 5.78 Å². The molecular formula is C33H28ClFN4O5. The number of urea groups is 1. The van der Waals surface area contributed by atoms with E-state index in [2.05, 4.69) is 5.32 Å². The van der Waals surface area contributed by atoms with E-state index in [-0.39, 0.29) is 28.8 Å². The molecule has 4 aromatic rings. The van der Waals surface area contributed by atoms with Gasteiger partial charge in [-0.1, -0.05) is 29.8 Å². The molecule has 2 amide bonds. The number of carboxylic acids is 1. The number of amides is 2. The minimum absolute atomic E-state index is 0.0420. The standard InChI is InChI=1S/C33H28ClFN4O5/c34-26-4-2-1-3-20(26)7-12-30(40)21-5-8-22(9-6-21)36-33(44)38-15-13-37(14-16-38)29-18-28-24(17-27(29)35)31(41)25(32(42)43)19-39(28)23-10-11-23/h1-9,12,17-19,23H,10-11,13-16H2,(H,36,44)(H,42,43)/b12-7+. The molecule has 3 aromatic carbocycles. The Morgan fingerprint density at radius 3 is 2.34 bits per heavy atom. The Bertz CT molecular complexity index is 1880. The number of fused-ring (bicyclic) bond motifs is 1. The lowest BCUT2D eigenvalue weighted by molar-refractivity contribution is 0.0694. The number of nitrogens with one attached hydrogen (secondary N) is 1. The fourth-order valence-corrected chi connectivity index (χ4v) is 5.55. The van der Waals surface area contributed by atoms with E-state index in [1.807, 2.05) is 23.1 Å². The zero-order chi connectivity index (χ0) is 31.0. The zero-order valence-corrected chi connectivity index (χ0v) is 24.3. The van der Waals surface area contributed by atoms with Gasteiger partial charge in [0, 0.05) is 60.1 Å². The molecule has 11 heteroatoms. The van der Waals surface area contributed by atoms with Crippen LogP contribution in [0.2, 0.25) is 5.02 Å². The summed E-state index contributed by atoms with van der Waals surface area (Å²) < 4.78 is 17.1. The second-order valence-corrected chi connectivity index (χ2v) is 11.2. The zero-order valence-electron chi connectivity index (χ0n) is 23.5. The number of aromatic nitrogens is 1. The molecule has 44 heavy (non-hydrogen) atoms. The van der Waals surface area contributed by atoms with Gasteiger partial charge in [0.25, 0.3) is 0 Å². The minimum atomic E-state index is -1.34. The van der Waals surface area contributed by atoms with Crippen LogP contribution in [-0.2, 0) is 0 Å². The smallest absolute Gasteiger partial charge is 0.341 e. The number of carboxylic acid groups (broad SMARTS) is 1. The fourth-order valence-electron chi connectivity index (χ4n) is 5.35. The van der Waals surface area contributed by atoms with E-state index in [9.17, 15) is 24.3 Å². The molecule has 1 saturated heterocycles. The molecular weight excluding hydrogens is 587 g/mol. The molecule has 9 nitrogen and oxygen atoms in total. The lowest BCUT2D eigenvalue weighted by Gasteiger charge is -2.36. The Hall–Kier alpha value is -4.96. The largest absolute Gasteiger partial charge is 0.477 e. The number of aromatic carboxylic acids is 1. The highest BCUT2D eigenvalue weighted by molar-refractivity contribution is 6.32. The summed E-state index contributed by atoms with van der Waals surface area (Å²) in [5.41, 5.74) is 1.46. The number of carbonyl (C=O) groups is 3. The van der Waals surface area contributed by atoms with Crippen LogP contribution in [0.3, 0.4) is 0 Å². The SMILES string of the molecule is O=C(/C=C/c1ccccc1Cl)c1ccc(NC(=O)N2CCN(c3cc4c(cc3F)c(=O)c(C(=O)O)cn4C3CC3)CC2)cc1. The Morgan fingerprint density at radius 1 is 0.977 bits per heavy atom. The second-order valence-electron chi connectivity index (χ2n) is 10.8. The molecule has 1 saturated carbocycles. The highest BCUT2D eigenvalue weighted by atomic mass is 35.5. The predicted molar refractivity (Wildman–Crippen MR) is 167 cm³/mol. The minimum Gasteiger partial charge on any atom is -0.477 e. The van der Waals surface area contributed by atoms with E-state index in [1.165, 1.54) is 12.3 Å². The van der Waals surface area contributed by atoms with Crippen molar-refractivity contribution in [3.05, 3.63) is 111 Å². The fraction of sp³-hybridized carbons (Fsp3) is 0.212. The maximum absolute atomic E-state index is 15.3. The van der Waals surface area contributed by atoms with Crippen molar-refractivity contribution in [2.24, 2.45) is 0 Å². The number of ketones is 1. The van der Waals surface area contributed by atoms with Crippen LogP contribution in [0.5, 0.6) is 0 Å². The molecule has 0 unspecified atom stereocenters. The summed E-state index contributed by atoms with van der Waals surface area (Å²) >= 11 is 6.14. The van der Waals surface area contributed by atoms with Gasteiger partial charge in [-0.3, -0.25) is 9.59 Å². The molecule has 2 heterocycles. The molecule has 2 fully saturated rings. The number of hydrogen-bond acceptors (Lipinski definition) is 5. The van der Waals surface area contributed by atoms with Gasteiger partial charge in [0.05, 0.1) is 11.2 Å². The quantitative estimate of drug-likeness (QED) is 0.193. The van der Waals surface area contributed by atoms with Gasteiger partial charge in [-0.2, -0.15) is 0 Å². The summed E-state index contributed by atoms with van der Waals surface area (Å²) in [7, 11) is 0. The number of halogens is 2. The van der Waals surface area contributed by atoms with E-state index in [0.717, 1.165) is 24.5 Å².